The van der Waals surface area contributed by atoms with E-state index in [1.807, 2.05) is 6.92 Å². The third kappa shape index (κ3) is 3.62. The predicted octanol–water partition coefficient (Wildman–Crippen LogP) is 1.25. The van der Waals surface area contributed by atoms with Gasteiger partial charge in [-0.05, 0) is 6.42 Å². The minimum Gasteiger partial charge on any atom is -0.504 e. The van der Waals surface area contributed by atoms with Crippen molar-refractivity contribution < 1.29 is 24.3 Å². The molecular formula is C12H18NO4+. The highest BCUT2D eigenvalue weighted by Gasteiger charge is 2.18. The van der Waals surface area contributed by atoms with Gasteiger partial charge < -0.3 is 14.9 Å². The standard InChI is InChI=1S/C12H17NO4/c1-3-8-17-12-9(2)13(6-4-10(12)14)7-5-11(15)16/h4,6H,3,5,7-8H2,1-2H3,(H,15,16)/p+1. The second-order valence-corrected chi connectivity index (χ2v) is 3.80. The van der Waals surface area contributed by atoms with Gasteiger partial charge in [0.15, 0.2) is 18.5 Å². The molecular weight excluding hydrogens is 222 g/mol. The summed E-state index contributed by atoms with van der Waals surface area (Å²) in [6.07, 6.45) is 2.55. The zero-order chi connectivity index (χ0) is 12.8. The fourth-order valence-electron chi connectivity index (χ4n) is 1.50. The first kappa shape index (κ1) is 13.3. The molecule has 0 atom stereocenters. The Hall–Kier alpha value is -1.78. The van der Waals surface area contributed by atoms with E-state index in [2.05, 4.69) is 0 Å². The average molecular weight is 240 g/mol. The largest absolute Gasteiger partial charge is 0.504 e. The molecule has 1 heterocycles. The van der Waals surface area contributed by atoms with E-state index in [0.29, 0.717) is 18.9 Å². The lowest BCUT2D eigenvalue weighted by Crippen LogP contribution is -2.38. The van der Waals surface area contributed by atoms with Crippen LogP contribution in [-0.2, 0) is 11.3 Å². The summed E-state index contributed by atoms with van der Waals surface area (Å²) < 4.78 is 7.21. The van der Waals surface area contributed by atoms with Gasteiger partial charge in [0.05, 0.1) is 6.61 Å². The van der Waals surface area contributed by atoms with E-state index in [1.54, 1.807) is 17.7 Å². The fourth-order valence-corrected chi connectivity index (χ4v) is 1.50. The maximum Gasteiger partial charge on any atom is 0.309 e. The Kier molecular flexibility index (Phi) is 4.75. The van der Waals surface area contributed by atoms with Crippen molar-refractivity contribution in [3.05, 3.63) is 18.0 Å². The number of rotatable bonds is 6. The normalized spacial score (nSPS) is 10.2. The summed E-state index contributed by atoms with van der Waals surface area (Å²) in [6, 6.07) is 1.51. The van der Waals surface area contributed by atoms with Crippen LogP contribution in [0.1, 0.15) is 25.5 Å². The third-order valence-corrected chi connectivity index (χ3v) is 2.42. The molecule has 17 heavy (non-hydrogen) atoms. The van der Waals surface area contributed by atoms with Crippen molar-refractivity contribution in [3.8, 4) is 11.5 Å². The van der Waals surface area contributed by atoms with Crippen molar-refractivity contribution in [3.63, 3.8) is 0 Å². The maximum atomic E-state index is 10.5. The highest BCUT2D eigenvalue weighted by Crippen LogP contribution is 2.26. The fraction of sp³-hybridized carbons (Fsp3) is 0.500. The van der Waals surface area contributed by atoms with Crippen LogP contribution in [0.5, 0.6) is 11.5 Å². The number of carbonyl (C=O) groups is 1. The van der Waals surface area contributed by atoms with Gasteiger partial charge in [-0.25, -0.2) is 0 Å². The lowest BCUT2D eigenvalue weighted by Gasteiger charge is -2.08. The molecule has 0 unspecified atom stereocenters. The molecule has 0 saturated heterocycles. The zero-order valence-electron chi connectivity index (χ0n) is 10.1. The molecule has 0 spiro atoms. The van der Waals surface area contributed by atoms with Crippen LogP contribution in [0, 0.1) is 6.92 Å². The molecule has 0 radical (unpaired) electrons. The summed E-state index contributed by atoms with van der Waals surface area (Å²) in [6.45, 7) is 4.67. The van der Waals surface area contributed by atoms with E-state index < -0.39 is 5.97 Å². The monoisotopic (exact) mass is 240 g/mol. The van der Waals surface area contributed by atoms with Crippen LogP contribution in [0.4, 0.5) is 0 Å². The summed E-state index contributed by atoms with van der Waals surface area (Å²) in [5.41, 5.74) is 0.736. The number of hydrogen-bond donors (Lipinski definition) is 2. The van der Waals surface area contributed by atoms with Crippen LogP contribution in [0.2, 0.25) is 0 Å². The highest BCUT2D eigenvalue weighted by atomic mass is 16.5. The van der Waals surface area contributed by atoms with E-state index >= 15 is 0 Å². The molecule has 1 aromatic rings. The zero-order valence-corrected chi connectivity index (χ0v) is 10.1. The van der Waals surface area contributed by atoms with Crippen molar-refractivity contribution in [2.24, 2.45) is 0 Å². The number of carboxylic acid groups (broad SMARTS) is 1. The Bertz CT molecular complexity index is 404. The Labute approximate surface area is 100 Å². The number of aromatic hydroxyl groups is 1. The Morgan fingerprint density at radius 2 is 2.24 bits per heavy atom. The smallest absolute Gasteiger partial charge is 0.309 e. The average Bonchev–Trinajstić information content (AvgIpc) is 2.27. The molecule has 2 N–H and O–H groups in total. The second kappa shape index (κ2) is 6.08. The van der Waals surface area contributed by atoms with Gasteiger partial charge in [-0.2, -0.15) is 4.57 Å². The van der Waals surface area contributed by atoms with Gasteiger partial charge >= 0.3 is 5.97 Å². The first-order chi connectivity index (χ1) is 8.06. The maximum absolute atomic E-state index is 10.5. The van der Waals surface area contributed by atoms with Crippen molar-refractivity contribution in [2.45, 2.75) is 33.2 Å². The second-order valence-electron chi connectivity index (χ2n) is 3.80. The van der Waals surface area contributed by atoms with Gasteiger partial charge in [0.25, 0.3) is 0 Å². The molecule has 0 fully saturated rings. The lowest BCUT2D eigenvalue weighted by atomic mass is 10.3. The van der Waals surface area contributed by atoms with E-state index in [9.17, 15) is 9.90 Å². The molecule has 0 aliphatic carbocycles. The molecule has 0 aliphatic heterocycles. The Morgan fingerprint density at radius 1 is 1.53 bits per heavy atom. The summed E-state index contributed by atoms with van der Waals surface area (Å²) in [5, 5.41) is 18.3. The van der Waals surface area contributed by atoms with E-state index in [0.717, 1.165) is 12.1 Å². The topological polar surface area (TPSA) is 70.6 Å². The quantitative estimate of drug-likeness (QED) is 0.734. The summed E-state index contributed by atoms with van der Waals surface area (Å²) in [4.78, 5) is 10.5. The van der Waals surface area contributed by atoms with Crippen LogP contribution < -0.4 is 9.30 Å². The predicted molar refractivity (Wildman–Crippen MR) is 61.1 cm³/mol. The first-order valence-corrected chi connectivity index (χ1v) is 5.62. The number of carboxylic acids is 1. The highest BCUT2D eigenvalue weighted by molar-refractivity contribution is 5.66. The molecule has 0 aromatic carbocycles. The first-order valence-electron chi connectivity index (χ1n) is 5.62. The molecule has 5 nitrogen and oxygen atoms in total. The van der Waals surface area contributed by atoms with Crippen molar-refractivity contribution in [1.29, 1.82) is 0 Å². The molecule has 0 aliphatic rings. The van der Waals surface area contributed by atoms with Crippen molar-refractivity contribution in [1.82, 2.24) is 0 Å². The van der Waals surface area contributed by atoms with Crippen LogP contribution >= 0.6 is 0 Å². The number of aromatic nitrogens is 1. The molecule has 0 saturated carbocycles. The van der Waals surface area contributed by atoms with Crippen LogP contribution in [-0.4, -0.2) is 22.8 Å². The molecule has 94 valence electrons. The van der Waals surface area contributed by atoms with Crippen molar-refractivity contribution >= 4 is 5.97 Å². The van der Waals surface area contributed by atoms with Crippen molar-refractivity contribution in [2.75, 3.05) is 6.61 Å². The minimum atomic E-state index is -0.846. The Morgan fingerprint density at radius 3 is 2.82 bits per heavy atom. The summed E-state index contributed by atoms with van der Waals surface area (Å²) >= 11 is 0. The molecule has 0 amide bonds. The molecule has 1 rings (SSSR count). The molecule has 1 aromatic heterocycles. The lowest BCUT2D eigenvalue weighted by molar-refractivity contribution is -0.702. The number of aryl methyl sites for hydroxylation is 1. The number of hydrogen-bond acceptors (Lipinski definition) is 3. The van der Waals surface area contributed by atoms with Gasteiger partial charge in [0, 0.05) is 13.0 Å². The van der Waals surface area contributed by atoms with Gasteiger partial charge in [0.2, 0.25) is 11.4 Å². The van der Waals surface area contributed by atoms with Gasteiger partial charge in [-0.3, -0.25) is 4.79 Å². The molecule has 0 bridgehead atoms. The molecule has 5 heteroatoms. The number of nitrogens with zero attached hydrogens (tertiary/aromatic N) is 1. The third-order valence-electron chi connectivity index (χ3n) is 2.42. The van der Waals surface area contributed by atoms with Crippen LogP contribution in [0.3, 0.4) is 0 Å². The summed E-state index contributed by atoms with van der Waals surface area (Å²) in [7, 11) is 0. The number of aliphatic carboxylic acids is 1. The van der Waals surface area contributed by atoms with E-state index in [1.165, 1.54) is 6.07 Å². The van der Waals surface area contributed by atoms with Gasteiger partial charge in [-0.15, -0.1) is 0 Å². The van der Waals surface area contributed by atoms with Gasteiger partial charge in [-0.1, -0.05) is 6.92 Å². The summed E-state index contributed by atoms with van der Waals surface area (Å²) in [5.74, 6) is -0.330. The number of pyridine rings is 1. The minimum absolute atomic E-state index is 0.0451. The van der Waals surface area contributed by atoms with Crippen LogP contribution in [0.15, 0.2) is 12.3 Å². The van der Waals surface area contributed by atoms with E-state index in [-0.39, 0.29) is 12.2 Å². The van der Waals surface area contributed by atoms with Gasteiger partial charge in [0.1, 0.15) is 6.42 Å². The Balaban J connectivity index is 2.88. The SMILES string of the molecule is CCCOc1c(O)cc[n+](CCC(=O)O)c1C. The van der Waals surface area contributed by atoms with E-state index in [4.69, 9.17) is 9.84 Å². The number of ether oxygens (including phenoxy) is 1. The van der Waals surface area contributed by atoms with Crippen LogP contribution in [0.25, 0.3) is 0 Å².